The molecule has 1 atom stereocenters. The Morgan fingerprint density at radius 2 is 1.88 bits per heavy atom. The third-order valence-corrected chi connectivity index (χ3v) is 2.70. The molecule has 0 aromatic heterocycles. The molecule has 0 amide bonds. The van der Waals surface area contributed by atoms with Crippen LogP contribution in [0.2, 0.25) is 0 Å². The second-order valence-corrected chi connectivity index (χ2v) is 4.13. The normalized spacial score (nSPS) is 12.6. The molecule has 0 radical (unpaired) electrons. The largest absolute Gasteiger partial charge is 0.378 e. The van der Waals surface area contributed by atoms with Gasteiger partial charge in [-0.25, -0.2) is 0 Å². The van der Waals surface area contributed by atoms with Crippen LogP contribution in [0.3, 0.4) is 0 Å². The van der Waals surface area contributed by atoms with E-state index in [1.807, 2.05) is 7.05 Å². The zero-order chi connectivity index (χ0) is 12.9. The van der Waals surface area contributed by atoms with E-state index in [1.165, 1.54) is 0 Å². The summed E-state index contributed by atoms with van der Waals surface area (Å²) in [7, 11) is 1.89. The van der Waals surface area contributed by atoms with Gasteiger partial charge in [0.25, 0.3) is 0 Å². The van der Waals surface area contributed by atoms with Crippen molar-refractivity contribution in [2.24, 2.45) is 5.92 Å². The predicted molar refractivity (Wildman–Crippen MR) is 69.3 cm³/mol. The highest BCUT2D eigenvalue weighted by Gasteiger charge is 2.14. The predicted octanol–water partition coefficient (Wildman–Crippen LogP) is 1.63. The van der Waals surface area contributed by atoms with E-state index in [1.54, 1.807) is 0 Å². The number of rotatable bonds is 12. The Labute approximate surface area is 105 Å². The summed E-state index contributed by atoms with van der Waals surface area (Å²) in [5, 5.41) is 2.99. The van der Waals surface area contributed by atoms with Crippen LogP contribution >= 0.6 is 0 Å². The van der Waals surface area contributed by atoms with Gasteiger partial charge in [-0.05, 0) is 19.9 Å². The van der Waals surface area contributed by atoms with E-state index in [2.05, 4.69) is 19.2 Å². The van der Waals surface area contributed by atoms with Crippen LogP contribution in [0, 0.1) is 5.92 Å². The van der Waals surface area contributed by atoms with Gasteiger partial charge in [-0.1, -0.05) is 20.3 Å². The average molecular weight is 245 g/mol. The van der Waals surface area contributed by atoms with Gasteiger partial charge in [0.1, 0.15) is 6.61 Å². The van der Waals surface area contributed by atoms with E-state index in [-0.39, 0.29) is 18.3 Å². The van der Waals surface area contributed by atoms with Crippen molar-refractivity contribution in [3.63, 3.8) is 0 Å². The van der Waals surface area contributed by atoms with Crippen molar-refractivity contribution < 1.29 is 14.3 Å². The molecule has 0 fully saturated rings. The van der Waals surface area contributed by atoms with Crippen LogP contribution in [0.25, 0.3) is 0 Å². The van der Waals surface area contributed by atoms with E-state index in [4.69, 9.17) is 9.47 Å². The summed E-state index contributed by atoms with van der Waals surface area (Å²) in [6, 6.07) is 0. The molecule has 0 aromatic rings. The molecule has 0 saturated carbocycles. The molecule has 0 aromatic carbocycles. The number of hydrogen-bond acceptors (Lipinski definition) is 4. The van der Waals surface area contributed by atoms with Crippen molar-refractivity contribution in [3.8, 4) is 0 Å². The SMILES string of the molecule is CCCC(CC)C(=O)COCCOCCNC. The fourth-order valence-corrected chi connectivity index (χ4v) is 1.63. The van der Waals surface area contributed by atoms with Crippen molar-refractivity contribution in [2.75, 3.05) is 40.0 Å². The molecular formula is C13H27NO3. The molecule has 17 heavy (non-hydrogen) atoms. The summed E-state index contributed by atoms with van der Waals surface area (Å²) in [5.74, 6) is 0.398. The first-order valence-corrected chi connectivity index (χ1v) is 6.59. The standard InChI is InChI=1S/C13H27NO3/c1-4-6-12(5-2)13(15)11-17-10-9-16-8-7-14-3/h12,14H,4-11H2,1-3H3. The summed E-state index contributed by atoms with van der Waals surface area (Å²) in [4.78, 5) is 11.7. The molecule has 1 unspecified atom stereocenters. The summed E-state index contributed by atoms with van der Waals surface area (Å²) >= 11 is 0. The lowest BCUT2D eigenvalue weighted by Crippen LogP contribution is -2.21. The quantitative estimate of drug-likeness (QED) is 0.531. The van der Waals surface area contributed by atoms with Gasteiger partial charge in [0.05, 0.1) is 19.8 Å². The zero-order valence-corrected chi connectivity index (χ0v) is 11.5. The summed E-state index contributed by atoms with van der Waals surface area (Å²) < 4.78 is 10.6. The number of ether oxygens (including phenoxy) is 2. The summed E-state index contributed by atoms with van der Waals surface area (Å²) in [5.41, 5.74) is 0. The maximum atomic E-state index is 11.7. The molecule has 0 spiro atoms. The first-order chi connectivity index (χ1) is 8.26. The second kappa shape index (κ2) is 12.0. The minimum Gasteiger partial charge on any atom is -0.378 e. The third-order valence-electron chi connectivity index (χ3n) is 2.70. The van der Waals surface area contributed by atoms with Crippen LogP contribution in [-0.2, 0) is 14.3 Å². The zero-order valence-electron chi connectivity index (χ0n) is 11.5. The highest BCUT2D eigenvalue weighted by atomic mass is 16.5. The second-order valence-electron chi connectivity index (χ2n) is 4.13. The van der Waals surface area contributed by atoms with Crippen LogP contribution in [0.1, 0.15) is 33.1 Å². The maximum Gasteiger partial charge on any atom is 0.161 e. The Kier molecular flexibility index (Phi) is 11.7. The molecule has 102 valence electrons. The topological polar surface area (TPSA) is 47.6 Å². The number of nitrogens with one attached hydrogen (secondary N) is 1. The first kappa shape index (κ1) is 16.6. The van der Waals surface area contributed by atoms with Gasteiger partial charge >= 0.3 is 0 Å². The highest BCUT2D eigenvalue weighted by molar-refractivity contribution is 5.82. The average Bonchev–Trinajstić information content (AvgIpc) is 2.34. The van der Waals surface area contributed by atoms with Gasteiger partial charge in [-0.15, -0.1) is 0 Å². The Balaban J connectivity index is 3.43. The highest BCUT2D eigenvalue weighted by Crippen LogP contribution is 2.11. The molecule has 0 aliphatic heterocycles. The van der Waals surface area contributed by atoms with Crippen LogP contribution in [-0.4, -0.2) is 45.8 Å². The van der Waals surface area contributed by atoms with Crippen molar-refractivity contribution in [1.82, 2.24) is 5.32 Å². The lowest BCUT2D eigenvalue weighted by atomic mass is 9.96. The van der Waals surface area contributed by atoms with Gasteiger partial charge in [0, 0.05) is 12.5 Å². The minimum atomic E-state index is 0.171. The fraction of sp³-hybridized carbons (Fsp3) is 0.923. The number of carbonyl (C=O) groups is 1. The summed E-state index contributed by atoms with van der Waals surface area (Å²) in [6.45, 7) is 6.96. The molecule has 0 heterocycles. The maximum absolute atomic E-state index is 11.7. The van der Waals surface area contributed by atoms with Crippen LogP contribution in [0.15, 0.2) is 0 Å². The van der Waals surface area contributed by atoms with E-state index in [9.17, 15) is 4.79 Å². The Morgan fingerprint density at radius 1 is 1.18 bits per heavy atom. The summed E-state index contributed by atoms with van der Waals surface area (Å²) in [6.07, 6.45) is 2.93. The number of Topliss-reactive ketones (excluding diaryl/α,β-unsaturated/α-hetero) is 1. The van der Waals surface area contributed by atoms with Crippen molar-refractivity contribution in [1.29, 1.82) is 0 Å². The number of carbonyl (C=O) groups excluding carboxylic acids is 1. The van der Waals surface area contributed by atoms with Gasteiger partial charge in [-0.3, -0.25) is 4.79 Å². The lowest BCUT2D eigenvalue weighted by molar-refractivity contribution is -0.128. The van der Waals surface area contributed by atoms with Gasteiger partial charge in [0.2, 0.25) is 0 Å². The molecule has 4 heteroatoms. The van der Waals surface area contributed by atoms with Crippen LogP contribution in [0.5, 0.6) is 0 Å². The smallest absolute Gasteiger partial charge is 0.161 e. The molecular weight excluding hydrogens is 218 g/mol. The number of likely N-dealkylation sites (N-methyl/N-ethyl adjacent to an activating group) is 1. The molecule has 0 bridgehead atoms. The van der Waals surface area contributed by atoms with Crippen molar-refractivity contribution >= 4 is 5.78 Å². The first-order valence-electron chi connectivity index (χ1n) is 6.59. The monoisotopic (exact) mass is 245 g/mol. The van der Waals surface area contributed by atoms with Gasteiger partial charge in [-0.2, -0.15) is 0 Å². The number of ketones is 1. The van der Waals surface area contributed by atoms with E-state index in [0.29, 0.717) is 19.8 Å². The Hall–Kier alpha value is -0.450. The molecule has 0 aliphatic carbocycles. The lowest BCUT2D eigenvalue weighted by Gasteiger charge is -2.12. The minimum absolute atomic E-state index is 0.171. The van der Waals surface area contributed by atoms with E-state index < -0.39 is 0 Å². The van der Waals surface area contributed by atoms with Crippen LogP contribution in [0.4, 0.5) is 0 Å². The number of hydrogen-bond donors (Lipinski definition) is 1. The van der Waals surface area contributed by atoms with E-state index >= 15 is 0 Å². The van der Waals surface area contributed by atoms with Crippen LogP contribution < -0.4 is 5.32 Å². The van der Waals surface area contributed by atoms with Gasteiger partial charge < -0.3 is 14.8 Å². The fourth-order valence-electron chi connectivity index (χ4n) is 1.63. The molecule has 0 saturated heterocycles. The molecule has 0 rings (SSSR count). The van der Waals surface area contributed by atoms with Crippen molar-refractivity contribution in [3.05, 3.63) is 0 Å². The Bertz CT molecular complexity index is 186. The third kappa shape index (κ3) is 9.27. The Morgan fingerprint density at radius 3 is 2.47 bits per heavy atom. The molecule has 4 nitrogen and oxygen atoms in total. The van der Waals surface area contributed by atoms with E-state index in [0.717, 1.165) is 25.8 Å². The molecule has 0 aliphatic rings. The molecule has 1 N–H and O–H groups in total. The van der Waals surface area contributed by atoms with Gasteiger partial charge in [0.15, 0.2) is 5.78 Å². The van der Waals surface area contributed by atoms with Crippen molar-refractivity contribution in [2.45, 2.75) is 33.1 Å².